The van der Waals surface area contributed by atoms with Crippen LogP contribution in [0.1, 0.15) is 55.3 Å². The second-order valence-electron chi connectivity index (χ2n) is 6.37. The molecule has 3 rings (SSSR count). The number of likely N-dealkylation sites (tertiary alicyclic amines) is 1. The Morgan fingerprint density at radius 2 is 1.65 bits per heavy atom. The van der Waals surface area contributed by atoms with Crippen molar-refractivity contribution in [2.75, 3.05) is 13.1 Å². The SMILES string of the molecule is O=C(c1ccccc1O)N1CCC2(CCCCC2)CC1. The molecule has 0 bridgehead atoms. The maximum Gasteiger partial charge on any atom is 0.257 e. The van der Waals surface area contributed by atoms with Crippen molar-refractivity contribution in [2.24, 2.45) is 5.41 Å². The van der Waals surface area contributed by atoms with Gasteiger partial charge in [0, 0.05) is 13.1 Å². The molecule has 20 heavy (non-hydrogen) atoms. The number of phenolic OH excluding ortho intramolecular Hbond substituents is 1. The zero-order valence-corrected chi connectivity index (χ0v) is 12.0. The zero-order chi connectivity index (χ0) is 14.0. The molecule has 1 aromatic rings. The van der Waals surface area contributed by atoms with Crippen molar-refractivity contribution in [3.63, 3.8) is 0 Å². The third-order valence-electron chi connectivity index (χ3n) is 5.16. The lowest BCUT2D eigenvalue weighted by Gasteiger charge is -2.44. The number of hydrogen-bond acceptors (Lipinski definition) is 2. The quantitative estimate of drug-likeness (QED) is 0.849. The van der Waals surface area contributed by atoms with E-state index in [2.05, 4.69) is 0 Å². The van der Waals surface area contributed by atoms with Crippen LogP contribution in [0.25, 0.3) is 0 Å². The van der Waals surface area contributed by atoms with Crippen molar-refractivity contribution >= 4 is 5.91 Å². The van der Waals surface area contributed by atoms with Gasteiger partial charge in [0.1, 0.15) is 5.75 Å². The second kappa shape index (κ2) is 5.47. The number of hydrogen-bond donors (Lipinski definition) is 1. The van der Waals surface area contributed by atoms with Crippen LogP contribution in [0.5, 0.6) is 5.75 Å². The molecule has 1 aromatic carbocycles. The highest BCUT2D eigenvalue weighted by molar-refractivity contribution is 5.96. The van der Waals surface area contributed by atoms with E-state index in [-0.39, 0.29) is 11.7 Å². The molecule has 1 aliphatic carbocycles. The van der Waals surface area contributed by atoms with E-state index in [9.17, 15) is 9.90 Å². The van der Waals surface area contributed by atoms with Gasteiger partial charge >= 0.3 is 0 Å². The first kappa shape index (κ1) is 13.5. The average Bonchev–Trinajstić information content (AvgIpc) is 2.49. The lowest BCUT2D eigenvalue weighted by atomic mass is 9.68. The summed E-state index contributed by atoms with van der Waals surface area (Å²) in [7, 11) is 0. The molecule has 2 fully saturated rings. The second-order valence-corrected chi connectivity index (χ2v) is 6.37. The number of carbonyl (C=O) groups is 1. The summed E-state index contributed by atoms with van der Waals surface area (Å²) < 4.78 is 0. The van der Waals surface area contributed by atoms with Crippen molar-refractivity contribution in [1.29, 1.82) is 0 Å². The highest BCUT2D eigenvalue weighted by atomic mass is 16.3. The number of aromatic hydroxyl groups is 1. The molecule has 0 radical (unpaired) electrons. The third kappa shape index (κ3) is 2.54. The van der Waals surface area contributed by atoms with Crippen molar-refractivity contribution < 1.29 is 9.90 Å². The van der Waals surface area contributed by atoms with Gasteiger partial charge in [-0.25, -0.2) is 0 Å². The fourth-order valence-corrected chi connectivity index (χ4v) is 3.81. The molecule has 0 unspecified atom stereocenters. The first-order valence-electron chi connectivity index (χ1n) is 7.78. The number of phenols is 1. The molecule has 1 saturated carbocycles. The van der Waals surface area contributed by atoms with Crippen LogP contribution < -0.4 is 0 Å². The van der Waals surface area contributed by atoms with Gasteiger partial charge in [-0.2, -0.15) is 0 Å². The van der Waals surface area contributed by atoms with Crippen LogP contribution in [0.15, 0.2) is 24.3 Å². The summed E-state index contributed by atoms with van der Waals surface area (Å²) in [4.78, 5) is 14.4. The van der Waals surface area contributed by atoms with Gasteiger partial charge in [-0.15, -0.1) is 0 Å². The van der Waals surface area contributed by atoms with E-state index in [1.807, 2.05) is 4.90 Å². The lowest BCUT2D eigenvalue weighted by molar-refractivity contribution is 0.0470. The molecule has 0 aromatic heterocycles. The Bertz CT molecular complexity index is 482. The van der Waals surface area contributed by atoms with E-state index in [0.29, 0.717) is 11.0 Å². The Kier molecular flexibility index (Phi) is 3.68. The van der Waals surface area contributed by atoms with E-state index in [0.717, 1.165) is 25.9 Å². The van der Waals surface area contributed by atoms with Gasteiger partial charge in [-0.3, -0.25) is 4.79 Å². The number of piperidine rings is 1. The van der Waals surface area contributed by atoms with E-state index in [1.165, 1.54) is 32.1 Å². The predicted molar refractivity (Wildman–Crippen MR) is 78.8 cm³/mol. The van der Waals surface area contributed by atoms with Crippen molar-refractivity contribution in [3.05, 3.63) is 29.8 Å². The summed E-state index contributed by atoms with van der Waals surface area (Å²) >= 11 is 0. The fourth-order valence-electron chi connectivity index (χ4n) is 3.81. The first-order chi connectivity index (χ1) is 9.70. The molecular weight excluding hydrogens is 250 g/mol. The smallest absolute Gasteiger partial charge is 0.257 e. The molecule has 3 nitrogen and oxygen atoms in total. The van der Waals surface area contributed by atoms with Gasteiger partial charge in [-0.05, 0) is 43.2 Å². The molecule has 108 valence electrons. The van der Waals surface area contributed by atoms with Gasteiger partial charge in [0.15, 0.2) is 0 Å². The normalized spacial score (nSPS) is 21.9. The van der Waals surface area contributed by atoms with Crippen LogP contribution in [0.3, 0.4) is 0 Å². The van der Waals surface area contributed by atoms with Crippen LogP contribution in [-0.4, -0.2) is 29.0 Å². The molecule has 0 atom stereocenters. The molecule has 1 aliphatic heterocycles. The Hall–Kier alpha value is -1.51. The minimum atomic E-state index is -0.0197. The molecular formula is C17H23NO2. The molecule has 2 aliphatic rings. The fraction of sp³-hybridized carbons (Fsp3) is 0.588. The van der Waals surface area contributed by atoms with E-state index in [1.54, 1.807) is 24.3 Å². The van der Waals surface area contributed by atoms with Gasteiger partial charge < -0.3 is 10.0 Å². The molecule has 1 spiro atoms. The highest BCUT2D eigenvalue weighted by Crippen LogP contribution is 2.44. The van der Waals surface area contributed by atoms with Crippen LogP contribution in [0, 0.1) is 5.41 Å². The largest absolute Gasteiger partial charge is 0.507 e. The first-order valence-corrected chi connectivity index (χ1v) is 7.78. The molecule has 3 heteroatoms. The molecule has 1 heterocycles. The number of rotatable bonds is 1. The van der Waals surface area contributed by atoms with Gasteiger partial charge in [0.25, 0.3) is 5.91 Å². The molecule has 1 N–H and O–H groups in total. The van der Waals surface area contributed by atoms with Crippen LogP contribution in [-0.2, 0) is 0 Å². The van der Waals surface area contributed by atoms with Crippen LogP contribution in [0.4, 0.5) is 0 Å². The Morgan fingerprint density at radius 1 is 1.00 bits per heavy atom. The lowest BCUT2D eigenvalue weighted by Crippen LogP contribution is -2.43. The Balaban J connectivity index is 1.66. The van der Waals surface area contributed by atoms with Gasteiger partial charge in [-0.1, -0.05) is 31.4 Å². The van der Waals surface area contributed by atoms with Gasteiger partial charge in [0.05, 0.1) is 5.56 Å². The number of nitrogens with zero attached hydrogens (tertiary/aromatic N) is 1. The summed E-state index contributed by atoms with van der Waals surface area (Å²) in [6, 6.07) is 6.85. The van der Waals surface area contributed by atoms with E-state index >= 15 is 0 Å². The maximum absolute atomic E-state index is 12.5. The summed E-state index contributed by atoms with van der Waals surface area (Å²) in [5.41, 5.74) is 0.945. The Labute approximate surface area is 120 Å². The van der Waals surface area contributed by atoms with Crippen LogP contribution >= 0.6 is 0 Å². The number of amides is 1. The minimum Gasteiger partial charge on any atom is -0.507 e. The highest BCUT2D eigenvalue weighted by Gasteiger charge is 2.36. The molecule has 1 saturated heterocycles. The molecule has 1 amide bonds. The maximum atomic E-state index is 12.5. The zero-order valence-electron chi connectivity index (χ0n) is 12.0. The standard InChI is InChI=1S/C17H23NO2/c19-15-7-3-2-6-14(15)16(20)18-12-10-17(11-13-18)8-4-1-5-9-17/h2-3,6-7,19H,1,4-5,8-13H2. The summed E-state index contributed by atoms with van der Waals surface area (Å²) in [6.07, 6.45) is 9.03. The average molecular weight is 273 g/mol. The monoisotopic (exact) mass is 273 g/mol. The Morgan fingerprint density at radius 3 is 2.30 bits per heavy atom. The van der Waals surface area contributed by atoms with Crippen LogP contribution in [0.2, 0.25) is 0 Å². The van der Waals surface area contributed by atoms with Crippen molar-refractivity contribution in [3.8, 4) is 5.75 Å². The van der Waals surface area contributed by atoms with Crippen molar-refractivity contribution in [2.45, 2.75) is 44.9 Å². The third-order valence-corrected chi connectivity index (χ3v) is 5.16. The summed E-state index contributed by atoms with van der Waals surface area (Å²) in [5, 5.41) is 9.81. The van der Waals surface area contributed by atoms with Gasteiger partial charge in [0.2, 0.25) is 0 Å². The van der Waals surface area contributed by atoms with E-state index < -0.39 is 0 Å². The topological polar surface area (TPSA) is 40.5 Å². The summed E-state index contributed by atoms with van der Waals surface area (Å²) in [6.45, 7) is 1.68. The van der Waals surface area contributed by atoms with Crippen molar-refractivity contribution in [1.82, 2.24) is 4.90 Å². The number of benzene rings is 1. The van der Waals surface area contributed by atoms with E-state index in [4.69, 9.17) is 0 Å². The summed E-state index contributed by atoms with van der Waals surface area (Å²) in [5.74, 6) is 0.0733. The minimum absolute atomic E-state index is 0.0197. The number of para-hydroxylation sites is 1. The number of carbonyl (C=O) groups excluding carboxylic acids is 1. The predicted octanol–water partition coefficient (Wildman–Crippen LogP) is 3.58.